The number of benzene rings is 1. The fraction of sp³-hybridized carbons (Fsp3) is 0.143. The zero-order valence-corrected chi connectivity index (χ0v) is 10.7. The second-order valence-electron chi connectivity index (χ2n) is 2.44. The van der Waals surface area contributed by atoms with Crippen LogP contribution in [-0.4, -0.2) is 13.0 Å². The van der Waals surface area contributed by atoms with Crippen molar-refractivity contribution in [3.63, 3.8) is 0 Å². The van der Waals surface area contributed by atoms with Gasteiger partial charge in [-0.25, -0.2) is 8.42 Å². The van der Waals surface area contributed by atoms with E-state index in [9.17, 15) is 13.0 Å². The van der Waals surface area contributed by atoms with E-state index in [1.54, 1.807) is 24.3 Å². The van der Waals surface area contributed by atoms with Crippen LogP contribution in [0.5, 0.6) is 0 Å². The SMILES string of the molecule is Cc1ccc(N=NS(=O)(=O)[O-])cc1.[Na+]. The summed E-state index contributed by atoms with van der Waals surface area (Å²) in [5.41, 5.74) is 1.36. The molecule has 0 spiro atoms. The van der Waals surface area contributed by atoms with Crippen molar-refractivity contribution < 1.29 is 42.5 Å². The molecule has 0 unspecified atom stereocenters. The molecular weight excluding hydrogens is 215 g/mol. The quantitative estimate of drug-likeness (QED) is 0.348. The van der Waals surface area contributed by atoms with Crippen LogP contribution >= 0.6 is 0 Å². The predicted molar refractivity (Wildman–Crippen MR) is 45.4 cm³/mol. The molecule has 0 saturated carbocycles. The summed E-state index contributed by atoms with van der Waals surface area (Å²) in [6.45, 7) is 1.88. The van der Waals surface area contributed by atoms with Gasteiger partial charge in [0.2, 0.25) is 10.3 Å². The van der Waals surface area contributed by atoms with E-state index in [0.717, 1.165) is 5.56 Å². The smallest absolute Gasteiger partial charge is 0.728 e. The topological polar surface area (TPSA) is 81.9 Å². The molecule has 0 saturated heterocycles. The Morgan fingerprint density at radius 2 is 1.71 bits per heavy atom. The summed E-state index contributed by atoms with van der Waals surface area (Å²) in [4.78, 5) is 0. The Balaban J connectivity index is 0.00000169. The van der Waals surface area contributed by atoms with Gasteiger partial charge in [0, 0.05) is 0 Å². The summed E-state index contributed by atoms with van der Waals surface area (Å²) in [6, 6.07) is 6.63. The summed E-state index contributed by atoms with van der Waals surface area (Å²) in [6.07, 6.45) is 0. The molecule has 0 aliphatic carbocycles. The van der Waals surface area contributed by atoms with E-state index in [1.165, 1.54) is 0 Å². The van der Waals surface area contributed by atoms with Gasteiger partial charge in [0.15, 0.2) is 0 Å². The monoisotopic (exact) mass is 222 g/mol. The van der Waals surface area contributed by atoms with Gasteiger partial charge in [-0.2, -0.15) is 0 Å². The van der Waals surface area contributed by atoms with Crippen molar-refractivity contribution in [1.82, 2.24) is 0 Å². The molecular formula is C7H7N2NaO3S. The van der Waals surface area contributed by atoms with E-state index in [2.05, 4.69) is 9.63 Å². The van der Waals surface area contributed by atoms with Crippen molar-refractivity contribution in [2.24, 2.45) is 9.63 Å². The van der Waals surface area contributed by atoms with Crippen LogP contribution in [0.25, 0.3) is 0 Å². The third-order valence-electron chi connectivity index (χ3n) is 1.29. The van der Waals surface area contributed by atoms with Crippen molar-refractivity contribution in [3.8, 4) is 0 Å². The van der Waals surface area contributed by atoms with Gasteiger partial charge in [-0.1, -0.05) is 22.2 Å². The molecule has 70 valence electrons. The Bertz CT molecular complexity index is 413. The Labute approximate surface area is 104 Å². The van der Waals surface area contributed by atoms with Crippen molar-refractivity contribution >= 4 is 16.0 Å². The Morgan fingerprint density at radius 1 is 1.21 bits per heavy atom. The van der Waals surface area contributed by atoms with Gasteiger partial charge in [0.05, 0.1) is 5.69 Å². The van der Waals surface area contributed by atoms with E-state index in [4.69, 9.17) is 0 Å². The molecule has 0 aliphatic heterocycles. The first-order valence-corrected chi connectivity index (χ1v) is 4.79. The Morgan fingerprint density at radius 3 is 2.14 bits per heavy atom. The first-order chi connectivity index (χ1) is 5.97. The molecule has 0 N–H and O–H groups in total. The fourth-order valence-corrected chi connectivity index (χ4v) is 0.903. The fourth-order valence-electron chi connectivity index (χ4n) is 0.709. The summed E-state index contributed by atoms with van der Waals surface area (Å²) in [5, 5.41) is 3.24. The maximum atomic E-state index is 10.1. The second-order valence-corrected chi connectivity index (χ2v) is 3.46. The number of hydrogen-bond acceptors (Lipinski definition) is 4. The molecule has 0 amide bonds. The molecule has 14 heavy (non-hydrogen) atoms. The molecule has 0 atom stereocenters. The number of nitrogens with zero attached hydrogens (tertiary/aromatic N) is 2. The minimum atomic E-state index is -4.62. The summed E-state index contributed by atoms with van der Waals surface area (Å²) in [7, 11) is -4.62. The van der Waals surface area contributed by atoms with Gasteiger partial charge in [-0.3, -0.25) is 0 Å². The van der Waals surface area contributed by atoms with Gasteiger partial charge >= 0.3 is 29.6 Å². The van der Waals surface area contributed by atoms with Crippen molar-refractivity contribution in [2.45, 2.75) is 6.92 Å². The summed E-state index contributed by atoms with van der Waals surface area (Å²) < 4.78 is 32.8. The molecule has 5 nitrogen and oxygen atoms in total. The summed E-state index contributed by atoms with van der Waals surface area (Å²) in [5.74, 6) is 0. The third-order valence-corrected chi connectivity index (χ3v) is 1.57. The maximum Gasteiger partial charge on any atom is 1.00 e. The molecule has 0 aliphatic rings. The van der Waals surface area contributed by atoms with Gasteiger partial charge in [0.1, 0.15) is 0 Å². The maximum absolute atomic E-state index is 10.1. The van der Waals surface area contributed by atoms with Gasteiger partial charge in [0.25, 0.3) is 0 Å². The number of hydrogen-bond donors (Lipinski definition) is 0. The molecule has 1 rings (SSSR count). The molecule has 0 bridgehead atoms. The molecule has 1 aromatic rings. The van der Waals surface area contributed by atoms with Crippen molar-refractivity contribution in [1.29, 1.82) is 0 Å². The van der Waals surface area contributed by atoms with Crippen LogP contribution in [0.15, 0.2) is 33.9 Å². The van der Waals surface area contributed by atoms with Crippen molar-refractivity contribution in [3.05, 3.63) is 29.8 Å². The van der Waals surface area contributed by atoms with Crippen LogP contribution in [0.2, 0.25) is 0 Å². The molecule has 7 heteroatoms. The van der Waals surface area contributed by atoms with Crippen LogP contribution in [0.3, 0.4) is 0 Å². The van der Waals surface area contributed by atoms with Crippen LogP contribution in [0.4, 0.5) is 5.69 Å². The first kappa shape index (κ1) is 13.7. The Kier molecular flexibility index (Phi) is 5.46. The zero-order chi connectivity index (χ0) is 9.90. The number of rotatable bonds is 2. The average Bonchev–Trinajstić information content (AvgIpc) is 2.02. The largest absolute Gasteiger partial charge is 1.00 e. The van der Waals surface area contributed by atoms with Gasteiger partial charge in [-0.05, 0) is 19.1 Å². The zero-order valence-electron chi connectivity index (χ0n) is 7.84. The van der Waals surface area contributed by atoms with Crippen molar-refractivity contribution in [2.75, 3.05) is 0 Å². The molecule has 1 aromatic carbocycles. The van der Waals surface area contributed by atoms with E-state index < -0.39 is 10.3 Å². The van der Waals surface area contributed by atoms with Gasteiger partial charge < -0.3 is 4.55 Å². The predicted octanol–water partition coefficient (Wildman–Crippen LogP) is -1.46. The number of aryl methyl sites for hydroxylation is 1. The minimum absolute atomic E-state index is 0. The van der Waals surface area contributed by atoms with E-state index in [0.29, 0.717) is 5.69 Å². The molecule has 0 aromatic heterocycles. The van der Waals surface area contributed by atoms with Crippen LogP contribution in [0, 0.1) is 6.92 Å². The molecule has 0 heterocycles. The van der Waals surface area contributed by atoms with E-state index in [-0.39, 0.29) is 29.6 Å². The summed E-state index contributed by atoms with van der Waals surface area (Å²) >= 11 is 0. The Hall–Kier alpha value is -0.270. The van der Waals surface area contributed by atoms with Crippen LogP contribution in [0.1, 0.15) is 5.56 Å². The van der Waals surface area contributed by atoms with Crippen LogP contribution in [-0.2, 0) is 10.3 Å². The minimum Gasteiger partial charge on any atom is -0.728 e. The first-order valence-electron chi connectivity index (χ1n) is 3.43. The van der Waals surface area contributed by atoms with E-state index in [1.807, 2.05) is 6.92 Å². The third kappa shape index (κ3) is 5.46. The second kappa shape index (κ2) is 5.57. The normalized spacial score (nSPS) is 11.3. The van der Waals surface area contributed by atoms with E-state index >= 15 is 0 Å². The van der Waals surface area contributed by atoms with Crippen LogP contribution < -0.4 is 29.6 Å². The average molecular weight is 222 g/mol. The molecule has 0 fully saturated rings. The molecule has 0 radical (unpaired) electrons. The standard InChI is InChI=1S/C7H8N2O3S.Na/c1-6-2-4-7(5-3-6)8-9-13(10,11)12;/h2-5H,1H3,(H,10,11,12);/q;+1/p-1. The van der Waals surface area contributed by atoms with Gasteiger partial charge in [-0.15, -0.1) is 5.11 Å².